The SMILES string of the molecule is Cc1ccccc1C(=O)Nc1cccc([C@H]2SCC(=O)N2c2ccc(C(F)(F)F)cc2)c1. The number of hydrogen-bond donors (Lipinski definition) is 1. The second-order valence-corrected chi connectivity index (χ2v) is 8.43. The monoisotopic (exact) mass is 456 g/mol. The minimum atomic E-state index is -4.44. The lowest BCUT2D eigenvalue weighted by molar-refractivity contribution is -0.137. The van der Waals surface area contributed by atoms with E-state index in [1.165, 1.54) is 28.8 Å². The van der Waals surface area contributed by atoms with Gasteiger partial charge in [-0.15, -0.1) is 11.8 Å². The van der Waals surface area contributed by atoms with E-state index in [4.69, 9.17) is 0 Å². The molecule has 3 aromatic carbocycles. The smallest absolute Gasteiger partial charge is 0.322 e. The quantitative estimate of drug-likeness (QED) is 0.520. The highest BCUT2D eigenvalue weighted by molar-refractivity contribution is 8.00. The number of nitrogens with zero attached hydrogens (tertiary/aromatic N) is 1. The summed E-state index contributed by atoms with van der Waals surface area (Å²) >= 11 is 1.38. The van der Waals surface area contributed by atoms with Crippen LogP contribution in [0.5, 0.6) is 0 Å². The van der Waals surface area contributed by atoms with Gasteiger partial charge in [-0.25, -0.2) is 0 Å². The highest BCUT2D eigenvalue weighted by Gasteiger charge is 2.35. The molecule has 1 N–H and O–H groups in total. The van der Waals surface area contributed by atoms with Crippen LogP contribution in [0, 0.1) is 6.92 Å². The van der Waals surface area contributed by atoms with Crippen molar-refractivity contribution in [1.29, 1.82) is 0 Å². The second-order valence-electron chi connectivity index (χ2n) is 7.37. The molecule has 0 unspecified atom stereocenters. The van der Waals surface area contributed by atoms with Gasteiger partial charge in [0, 0.05) is 16.9 Å². The molecule has 4 rings (SSSR count). The zero-order chi connectivity index (χ0) is 22.9. The maximum Gasteiger partial charge on any atom is 0.416 e. The van der Waals surface area contributed by atoms with Crippen LogP contribution in [0.3, 0.4) is 0 Å². The first-order chi connectivity index (χ1) is 15.2. The number of anilines is 2. The molecule has 3 aromatic rings. The Morgan fingerprint density at radius 3 is 2.44 bits per heavy atom. The van der Waals surface area contributed by atoms with Crippen molar-refractivity contribution in [2.24, 2.45) is 0 Å². The number of halogens is 3. The van der Waals surface area contributed by atoms with E-state index in [0.717, 1.165) is 23.3 Å². The average molecular weight is 456 g/mol. The Balaban J connectivity index is 1.58. The molecule has 1 fully saturated rings. The van der Waals surface area contributed by atoms with Crippen molar-refractivity contribution < 1.29 is 22.8 Å². The Hall–Kier alpha value is -3.26. The predicted octanol–water partition coefficient (Wildman–Crippen LogP) is 6.04. The van der Waals surface area contributed by atoms with Crippen LogP contribution in [0.15, 0.2) is 72.8 Å². The second kappa shape index (κ2) is 8.70. The van der Waals surface area contributed by atoms with Gasteiger partial charge in [0.15, 0.2) is 0 Å². The van der Waals surface area contributed by atoms with Gasteiger partial charge in [0.2, 0.25) is 5.91 Å². The zero-order valence-corrected chi connectivity index (χ0v) is 17.8. The Morgan fingerprint density at radius 2 is 1.75 bits per heavy atom. The minimum absolute atomic E-state index is 0.186. The molecule has 0 aromatic heterocycles. The summed E-state index contributed by atoms with van der Waals surface area (Å²) in [7, 11) is 0. The third-order valence-electron chi connectivity index (χ3n) is 5.16. The molecule has 1 saturated heterocycles. The first-order valence-corrected chi connectivity index (χ1v) is 10.9. The number of carbonyl (C=O) groups excluding carboxylic acids is 2. The Labute approximate surface area is 187 Å². The van der Waals surface area contributed by atoms with Crippen molar-refractivity contribution in [1.82, 2.24) is 0 Å². The van der Waals surface area contributed by atoms with E-state index < -0.39 is 17.1 Å². The highest BCUT2D eigenvalue weighted by atomic mass is 32.2. The van der Waals surface area contributed by atoms with Crippen molar-refractivity contribution in [2.75, 3.05) is 16.0 Å². The van der Waals surface area contributed by atoms with E-state index in [9.17, 15) is 22.8 Å². The molecular weight excluding hydrogens is 437 g/mol. The maximum atomic E-state index is 12.9. The molecule has 2 amide bonds. The highest BCUT2D eigenvalue weighted by Crippen LogP contribution is 2.43. The van der Waals surface area contributed by atoms with Gasteiger partial charge >= 0.3 is 6.18 Å². The molecule has 1 aliphatic heterocycles. The van der Waals surface area contributed by atoms with Crippen LogP contribution in [0.2, 0.25) is 0 Å². The normalized spacial score (nSPS) is 16.3. The molecule has 0 aliphatic carbocycles. The van der Waals surface area contributed by atoms with Crippen LogP contribution < -0.4 is 10.2 Å². The molecule has 4 nitrogen and oxygen atoms in total. The van der Waals surface area contributed by atoms with E-state index in [1.54, 1.807) is 30.3 Å². The van der Waals surface area contributed by atoms with Gasteiger partial charge in [0.25, 0.3) is 5.91 Å². The Morgan fingerprint density at radius 1 is 1.03 bits per heavy atom. The first-order valence-electron chi connectivity index (χ1n) is 9.82. The summed E-state index contributed by atoms with van der Waals surface area (Å²) in [5.41, 5.74) is 2.39. The average Bonchev–Trinajstić information content (AvgIpc) is 3.15. The largest absolute Gasteiger partial charge is 0.416 e. The van der Waals surface area contributed by atoms with Gasteiger partial charge in [0.05, 0.1) is 11.3 Å². The van der Waals surface area contributed by atoms with Crippen LogP contribution in [-0.2, 0) is 11.0 Å². The number of nitrogens with one attached hydrogen (secondary N) is 1. The van der Waals surface area contributed by atoms with E-state index in [0.29, 0.717) is 16.9 Å². The number of benzene rings is 3. The van der Waals surface area contributed by atoms with Crippen molar-refractivity contribution in [3.05, 3.63) is 95.1 Å². The van der Waals surface area contributed by atoms with E-state index in [1.807, 2.05) is 25.1 Å². The van der Waals surface area contributed by atoms with Gasteiger partial charge < -0.3 is 5.32 Å². The summed E-state index contributed by atoms with van der Waals surface area (Å²) in [6.45, 7) is 1.86. The van der Waals surface area contributed by atoms with Gasteiger partial charge in [0.1, 0.15) is 5.37 Å². The van der Waals surface area contributed by atoms with E-state index >= 15 is 0 Å². The van der Waals surface area contributed by atoms with Crippen molar-refractivity contribution in [3.63, 3.8) is 0 Å². The van der Waals surface area contributed by atoms with Crippen molar-refractivity contribution in [2.45, 2.75) is 18.5 Å². The lowest BCUT2D eigenvalue weighted by Gasteiger charge is -2.25. The third kappa shape index (κ3) is 4.50. The molecule has 164 valence electrons. The number of alkyl halides is 3. The van der Waals surface area contributed by atoms with Gasteiger partial charge in [-0.05, 0) is 60.5 Å². The molecule has 1 heterocycles. The predicted molar refractivity (Wildman–Crippen MR) is 120 cm³/mol. The summed E-state index contributed by atoms with van der Waals surface area (Å²) in [5.74, 6) is -0.213. The molecule has 0 spiro atoms. The van der Waals surface area contributed by atoms with E-state index in [2.05, 4.69) is 5.32 Å². The number of rotatable bonds is 4. The van der Waals surface area contributed by atoms with Crippen LogP contribution in [0.25, 0.3) is 0 Å². The van der Waals surface area contributed by atoms with E-state index in [-0.39, 0.29) is 17.6 Å². The van der Waals surface area contributed by atoms with Gasteiger partial charge in [-0.2, -0.15) is 13.2 Å². The number of aryl methyl sites for hydroxylation is 1. The summed E-state index contributed by atoms with van der Waals surface area (Å²) < 4.78 is 38.7. The van der Waals surface area contributed by atoms with Crippen LogP contribution in [-0.4, -0.2) is 17.6 Å². The first kappa shape index (κ1) is 22.0. The van der Waals surface area contributed by atoms with Crippen molar-refractivity contribution in [3.8, 4) is 0 Å². The molecule has 0 saturated carbocycles. The molecule has 32 heavy (non-hydrogen) atoms. The number of carbonyl (C=O) groups is 2. The third-order valence-corrected chi connectivity index (χ3v) is 6.37. The molecule has 8 heteroatoms. The standard InChI is InChI=1S/C24H19F3N2O2S/c1-15-5-2-3-8-20(15)22(31)28-18-7-4-6-16(13-18)23-29(21(30)14-32-23)19-11-9-17(10-12-19)24(25,26)27/h2-13,23H,14H2,1H3,(H,28,31)/t23-/m1/s1. The van der Waals surface area contributed by atoms with Crippen LogP contribution in [0.1, 0.15) is 32.4 Å². The number of amides is 2. The number of hydrogen-bond acceptors (Lipinski definition) is 3. The summed E-state index contributed by atoms with van der Waals surface area (Å²) in [5, 5.41) is 2.47. The molecular formula is C24H19F3N2O2S. The summed E-state index contributed by atoms with van der Waals surface area (Å²) in [6.07, 6.45) is -4.44. The van der Waals surface area contributed by atoms with Crippen molar-refractivity contribution >= 4 is 35.0 Å². The fraction of sp³-hybridized carbons (Fsp3) is 0.167. The lowest BCUT2D eigenvalue weighted by Crippen LogP contribution is -2.28. The Bertz CT molecular complexity index is 1160. The van der Waals surface area contributed by atoms with Gasteiger partial charge in [-0.3, -0.25) is 14.5 Å². The fourth-order valence-electron chi connectivity index (χ4n) is 3.56. The molecule has 1 atom stereocenters. The van der Waals surface area contributed by atoms with Gasteiger partial charge in [-0.1, -0.05) is 30.3 Å². The summed E-state index contributed by atoms with van der Waals surface area (Å²) in [4.78, 5) is 26.7. The lowest BCUT2D eigenvalue weighted by atomic mass is 10.1. The zero-order valence-electron chi connectivity index (χ0n) is 17.0. The Kier molecular flexibility index (Phi) is 5.97. The molecule has 0 bridgehead atoms. The molecule has 0 radical (unpaired) electrons. The van der Waals surface area contributed by atoms with Crippen LogP contribution in [0.4, 0.5) is 24.5 Å². The molecule has 1 aliphatic rings. The topological polar surface area (TPSA) is 49.4 Å². The number of thioether (sulfide) groups is 1. The van der Waals surface area contributed by atoms with Crippen LogP contribution >= 0.6 is 11.8 Å². The minimum Gasteiger partial charge on any atom is -0.322 e. The fourth-order valence-corrected chi connectivity index (χ4v) is 4.72. The maximum absolute atomic E-state index is 12.9. The summed E-state index contributed by atoms with van der Waals surface area (Å²) in [6, 6.07) is 19.0.